The highest BCUT2D eigenvalue weighted by molar-refractivity contribution is 5.92. The molecule has 3 rings (SSSR count). The number of hydrogen-bond acceptors (Lipinski definition) is 5. The minimum Gasteiger partial charge on any atom is -0.372 e. The lowest BCUT2D eigenvalue weighted by atomic mass is 9.93. The van der Waals surface area contributed by atoms with Crippen LogP contribution in [0.15, 0.2) is 30.3 Å². The van der Waals surface area contributed by atoms with Gasteiger partial charge in [-0.25, -0.2) is 4.98 Å². The highest BCUT2D eigenvalue weighted by Crippen LogP contribution is 2.21. The highest BCUT2D eigenvalue weighted by atomic mass is 16.2. The molecule has 3 heterocycles. The number of aryl methyl sites for hydroxylation is 1. The third-order valence-corrected chi connectivity index (χ3v) is 4.39. The summed E-state index contributed by atoms with van der Waals surface area (Å²) in [5.74, 6) is 1.21. The number of pyridine rings is 1. The van der Waals surface area contributed by atoms with Crippen molar-refractivity contribution in [3.05, 3.63) is 47.4 Å². The van der Waals surface area contributed by atoms with Crippen LogP contribution in [-0.4, -0.2) is 46.1 Å². The van der Waals surface area contributed by atoms with E-state index in [-0.39, 0.29) is 5.91 Å². The third kappa shape index (κ3) is 3.88. The van der Waals surface area contributed by atoms with Gasteiger partial charge in [0.2, 0.25) is 0 Å². The minimum absolute atomic E-state index is 0.0278. The predicted octanol–water partition coefficient (Wildman–Crippen LogP) is 2.32. The number of carbonyl (C=O) groups is 1. The molecule has 0 aromatic carbocycles. The van der Waals surface area contributed by atoms with Gasteiger partial charge in [-0.15, -0.1) is 5.10 Å². The Bertz CT molecular complexity index is 701. The fourth-order valence-corrected chi connectivity index (χ4v) is 3.14. The lowest BCUT2D eigenvalue weighted by Gasteiger charge is -2.32. The van der Waals surface area contributed by atoms with Gasteiger partial charge in [0.25, 0.3) is 5.91 Å². The molecule has 2 aromatic heterocycles. The summed E-state index contributed by atoms with van der Waals surface area (Å²) in [6, 6.07) is 9.52. The number of hydrogen-bond donors (Lipinski definition) is 1. The molecule has 1 aliphatic heterocycles. The Balaban J connectivity index is 1.64. The van der Waals surface area contributed by atoms with Crippen molar-refractivity contribution >= 4 is 11.7 Å². The molecule has 6 heteroatoms. The van der Waals surface area contributed by atoms with Crippen LogP contribution >= 0.6 is 0 Å². The zero-order chi connectivity index (χ0) is 16.9. The van der Waals surface area contributed by atoms with E-state index in [1.54, 1.807) is 6.07 Å². The van der Waals surface area contributed by atoms with Gasteiger partial charge < -0.3 is 10.2 Å². The van der Waals surface area contributed by atoms with Gasteiger partial charge >= 0.3 is 0 Å². The molecule has 126 valence electrons. The molecule has 0 bridgehead atoms. The van der Waals surface area contributed by atoms with E-state index in [1.165, 1.54) is 0 Å². The van der Waals surface area contributed by atoms with Gasteiger partial charge in [0.05, 0.1) is 5.69 Å². The largest absolute Gasteiger partial charge is 0.372 e. The number of nitrogens with one attached hydrogen (secondary N) is 1. The second kappa shape index (κ2) is 7.38. The van der Waals surface area contributed by atoms with E-state index in [1.807, 2.05) is 43.1 Å². The molecule has 0 aliphatic carbocycles. The van der Waals surface area contributed by atoms with Crippen LogP contribution in [0.25, 0.3) is 0 Å². The summed E-state index contributed by atoms with van der Waals surface area (Å²) in [5, 5.41) is 11.3. The summed E-state index contributed by atoms with van der Waals surface area (Å²) >= 11 is 0. The second-order valence-corrected chi connectivity index (χ2v) is 6.29. The summed E-state index contributed by atoms with van der Waals surface area (Å²) in [5.41, 5.74) is 2.38. The van der Waals surface area contributed by atoms with Crippen molar-refractivity contribution in [2.24, 2.45) is 5.92 Å². The summed E-state index contributed by atoms with van der Waals surface area (Å²) < 4.78 is 0. The standard InChI is InChI=1S/C18H23N5O/c1-13-5-3-7-16(20-13)18(24)23-10-4-6-14(12-23)11-15-8-9-17(19-2)22-21-15/h3,5,7-9,14H,4,6,10-12H2,1-2H3,(H,19,22)/t14-/m1/s1. The lowest BCUT2D eigenvalue weighted by Crippen LogP contribution is -2.41. The maximum absolute atomic E-state index is 12.7. The predicted molar refractivity (Wildman–Crippen MR) is 92.9 cm³/mol. The van der Waals surface area contributed by atoms with Crippen molar-refractivity contribution in [2.45, 2.75) is 26.2 Å². The van der Waals surface area contributed by atoms with E-state index in [9.17, 15) is 4.79 Å². The number of nitrogens with zero attached hydrogens (tertiary/aromatic N) is 4. The number of likely N-dealkylation sites (tertiary alicyclic amines) is 1. The molecule has 1 fully saturated rings. The SMILES string of the molecule is CNc1ccc(C[C@H]2CCCN(C(=O)c3cccc(C)n3)C2)nn1. The van der Waals surface area contributed by atoms with E-state index in [0.29, 0.717) is 11.6 Å². The van der Waals surface area contributed by atoms with Crippen LogP contribution in [0.4, 0.5) is 5.82 Å². The molecule has 1 N–H and O–H groups in total. The second-order valence-electron chi connectivity index (χ2n) is 6.29. The smallest absolute Gasteiger partial charge is 0.272 e. The fourth-order valence-electron chi connectivity index (χ4n) is 3.14. The van der Waals surface area contributed by atoms with Gasteiger partial charge in [0.1, 0.15) is 11.5 Å². The van der Waals surface area contributed by atoms with Crippen molar-refractivity contribution < 1.29 is 4.79 Å². The normalized spacial score (nSPS) is 17.6. The van der Waals surface area contributed by atoms with E-state index >= 15 is 0 Å². The van der Waals surface area contributed by atoms with Gasteiger partial charge in [-0.05, 0) is 56.4 Å². The molecule has 24 heavy (non-hydrogen) atoms. The van der Waals surface area contributed by atoms with Crippen LogP contribution in [0.1, 0.15) is 34.7 Å². The van der Waals surface area contributed by atoms with Gasteiger partial charge in [-0.1, -0.05) is 6.07 Å². The average Bonchev–Trinajstić information content (AvgIpc) is 2.62. The Labute approximate surface area is 142 Å². The number of rotatable bonds is 4. The van der Waals surface area contributed by atoms with E-state index < -0.39 is 0 Å². The van der Waals surface area contributed by atoms with Crippen molar-refractivity contribution in [2.75, 3.05) is 25.5 Å². The molecule has 1 atom stereocenters. The first-order chi connectivity index (χ1) is 11.7. The number of anilines is 1. The first-order valence-corrected chi connectivity index (χ1v) is 8.39. The number of aromatic nitrogens is 3. The topological polar surface area (TPSA) is 71.0 Å². The molecule has 1 saturated heterocycles. The zero-order valence-electron chi connectivity index (χ0n) is 14.2. The Morgan fingerprint density at radius 1 is 1.29 bits per heavy atom. The van der Waals surface area contributed by atoms with Crippen LogP contribution in [0, 0.1) is 12.8 Å². The molecule has 1 amide bonds. The van der Waals surface area contributed by atoms with Gasteiger partial charge in [0, 0.05) is 25.8 Å². The lowest BCUT2D eigenvalue weighted by molar-refractivity contribution is 0.0666. The zero-order valence-corrected chi connectivity index (χ0v) is 14.2. The molecular weight excluding hydrogens is 302 g/mol. The summed E-state index contributed by atoms with van der Waals surface area (Å²) in [6.45, 7) is 3.46. The van der Waals surface area contributed by atoms with E-state index in [2.05, 4.69) is 20.5 Å². The molecular formula is C18H23N5O. The summed E-state index contributed by atoms with van der Waals surface area (Å²) in [4.78, 5) is 18.9. The van der Waals surface area contributed by atoms with Gasteiger partial charge in [-0.2, -0.15) is 5.10 Å². The molecule has 0 saturated carbocycles. The van der Waals surface area contributed by atoms with Crippen LogP contribution in [0.3, 0.4) is 0 Å². The molecule has 0 radical (unpaired) electrons. The monoisotopic (exact) mass is 325 g/mol. The van der Waals surface area contributed by atoms with Crippen LogP contribution in [0.2, 0.25) is 0 Å². The molecule has 2 aromatic rings. The Hall–Kier alpha value is -2.50. The first-order valence-electron chi connectivity index (χ1n) is 8.39. The van der Waals surface area contributed by atoms with Crippen molar-refractivity contribution in [1.82, 2.24) is 20.1 Å². The van der Waals surface area contributed by atoms with Crippen molar-refractivity contribution in [1.29, 1.82) is 0 Å². The Morgan fingerprint density at radius 2 is 2.17 bits per heavy atom. The number of piperidine rings is 1. The fraction of sp³-hybridized carbons (Fsp3) is 0.444. The van der Waals surface area contributed by atoms with E-state index in [4.69, 9.17) is 0 Å². The molecule has 0 spiro atoms. The van der Waals surface area contributed by atoms with Crippen molar-refractivity contribution in [3.8, 4) is 0 Å². The quantitative estimate of drug-likeness (QED) is 0.934. The van der Waals surface area contributed by atoms with Gasteiger partial charge in [0.15, 0.2) is 0 Å². The first kappa shape index (κ1) is 16.4. The van der Waals surface area contributed by atoms with Gasteiger partial charge in [-0.3, -0.25) is 4.79 Å². The summed E-state index contributed by atoms with van der Waals surface area (Å²) in [6.07, 6.45) is 2.98. The number of amides is 1. The highest BCUT2D eigenvalue weighted by Gasteiger charge is 2.25. The number of carbonyl (C=O) groups excluding carboxylic acids is 1. The molecule has 0 unspecified atom stereocenters. The average molecular weight is 325 g/mol. The summed E-state index contributed by atoms with van der Waals surface area (Å²) in [7, 11) is 1.83. The maximum Gasteiger partial charge on any atom is 0.272 e. The third-order valence-electron chi connectivity index (χ3n) is 4.39. The Kier molecular flexibility index (Phi) is 5.03. The van der Waals surface area contributed by atoms with E-state index in [0.717, 1.165) is 49.6 Å². The van der Waals surface area contributed by atoms with Crippen LogP contribution in [-0.2, 0) is 6.42 Å². The molecule has 1 aliphatic rings. The van der Waals surface area contributed by atoms with Crippen molar-refractivity contribution in [3.63, 3.8) is 0 Å². The Morgan fingerprint density at radius 3 is 2.88 bits per heavy atom. The van der Waals surface area contributed by atoms with Crippen LogP contribution < -0.4 is 5.32 Å². The molecule has 6 nitrogen and oxygen atoms in total. The van der Waals surface area contributed by atoms with Crippen LogP contribution in [0.5, 0.6) is 0 Å². The minimum atomic E-state index is 0.0278. The maximum atomic E-state index is 12.7.